The Morgan fingerprint density at radius 2 is 2.12 bits per heavy atom. The molecule has 1 aliphatic rings. The van der Waals surface area contributed by atoms with Crippen LogP contribution in [0, 0.1) is 5.92 Å². The summed E-state index contributed by atoms with van der Waals surface area (Å²) < 4.78 is 0. The van der Waals surface area contributed by atoms with E-state index in [2.05, 4.69) is 26.5 Å². The minimum atomic E-state index is 0.838. The van der Waals surface area contributed by atoms with Crippen molar-refractivity contribution < 1.29 is 0 Å². The Hall–Kier alpha value is -0.480. The summed E-state index contributed by atoms with van der Waals surface area (Å²) in [6.07, 6.45) is 1.28. The first-order chi connectivity index (χ1) is 3.70. The van der Waals surface area contributed by atoms with Crippen molar-refractivity contribution in [1.82, 2.24) is 0 Å². The Kier molecular flexibility index (Phi) is 1.27. The molecule has 0 aromatic heterocycles. The predicted molar refractivity (Wildman–Crippen MR) is 35.7 cm³/mol. The quantitative estimate of drug-likeness (QED) is 0.418. The molecule has 0 bridgehead atoms. The first kappa shape index (κ1) is 5.65. The van der Waals surface area contributed by atoms with Crippen LogP contribution in [0.1, 0.15) is 27.2 Å². The SMILES string of the molecule is CC(C)=C=C1CC1C. The Morgan fingerprint density at radius 1 is 1.62 bits per heavy atom. The van der Waals surface area contributed by atoms with Gasteiger partial charge in [0.2, 0.25) is 0 Å². The Labute approximate surface area is 50.9 Å². The lowest BCUT2D eigenvalue weighted by Crippen LogP contribution is -1.55. The minimum Gasteiger partial charge on any atom is -0.123 e. The van der Waals surface area contributed by atoms with Crippen molar-refractivity contribution in [3.05, 3.63) is 16.9 Å². The van der Waals surface area contributed by atoms with E-state index >= 15 is 0 Å². The lowest BCUT2D eigenvalue weighted by atomic mass is 10.3. The third kappa shape index (κ3) is 1.24. The van der Waals surface area contributed by atoms with Gasteiger partial charge in [-0.15, -0.1) is 5.73 Å². The second-order valence-electron chi connectivity index (χ2n) is 2.76. The topological polar surface area (TPSA) is 0 Å². The number of hydrogen-bond acceptors (Lipinski definition) is 0. The van der Waals surface area contributed by atoms with Gasteiger partial charge < -0.3 is 0 Å². The van der Waals surface area contributed by atoms with Gasteiger partial charge in [0.05, 0.1) is 0 Å². The zero-order valence-corrected chi connectivity index (χ0v) is 5.78. The monoisotopic (exact) mass is 108 g/mol. The summed E-state index contributed by atoms with van der Waals surface area (Å²) in [4.78, 5) is 0. The molecule has 1 aliphatic carbocycles. The summed E-state index contributed by atoms with van der Waals surface area (Å²) >= 11 is 0. The van der Waals surface area contributed by atoms with Crippen LogP contribution in [0.4, 0.5) is 0 Å². The molecule has 1 saturated carbocycles. The van der Waals surface area contributed by atoms with Gasteiger partial charge in [-0.25, -0.2) is 0 Å². The van der Waals surface area contributed by atoms with Gasteiger partial charge in [0.15, 0.2) is 0 Å². The fourth-order valence-electron chi connectivity index (χ4n) is 0.766. The van der Waals surface area contributed by atoms with E-state index in [9.17, 15) is 0 Å². The van der Waals surface area contributed by atoms with Crippen LogP contribution in [0.5, 0.6) is 0 Å². The van der Waals surface area contributed by atoms with Crippen molar-refractivity contribution in [2.75, 3.05) is 0 Å². The van der Waals surface area contributed by atoms with Crippen LogP contribution < -0.4 is 0 Å². The number of hydrogen-bond donors (Lipinski definition) is 0. The molecule has 0 heteroatoms. The average molecular weight is 108 g/mol. The van der Waals surface area contributed by atoms with E-state index in [1.165, 1.54) is 17.6 Å². The van der Waals surface area contributed by atoms with Crippen molar-refractivity contribution >= 4 is 0 Å². The zero-order valence-electron chi connectivity index (χ0n) is 5.78. The van der Waals surface area contributed by atoms with Gasteiger partial charge in [-0.05, 0) is 37.3 Å². The maximum atomic E-state index is 3.30. The van der Waals surface area contributed by atoms with E-state index in [1.807, 2.05) is 0 Å². The second-order valence-corrected chi connectivity index (χ2v) is 2.76. The lowest BCUT2D eigenvalue weighted by molar-refractivity contribution is 1.02. The summed E-state index contributed by atoms with van der Waals surface area (Å²) in [5.74, 6) is 0.838. The molecule has 0 aliphatic heterocycles. The number of rotatable bonds is 0. The van der Waals surface area contributed by atoms with Crippen molar-refractivity contribution in [1.29, 1.82) is 0 Å². The van der Waals surface area contributed by atoms with Crippen molar-refractivity contribution in [3.63, 3.8) is 0 Å². The molecule has 0 radical (unpaired) electrons. The standard InChI is InChI=1S/C8H12/c1-6(2)4-8-5-7(8)3/h7H,5H2,1-3H3. The molecule has 0 aromatic carbocycles. The Morgan fingerprint density at radius 3 is 2.25 bits per heavy atom. The van der Waals surface area contributed by atoms with Crippen LogP contribution in [-0.4, -0.2) is 0 Å². The summed E-state index contributed by atoms with van der Waals surface area (Å²) in [6.45, 7) is 6.43. The Bertz CT molecular complexity index is 153. The summed E-state index contributed by atoms with van der Waals surface area (Å²) in [5.41, 5.74) is 6.11. The molecule has 0 spiro atoms. The van der Waals surface area contributed by atoms with E-state index < -0.39 is 0 Å². The minimum absolute atomic E-state index is 0.838. The molecule has 8 heavy (non-hydrogen) atoms. The maximum absolute atomic E-state index is 3.30. The largest absolute Gasteiger partial charge is 0.123 e. The molecule has 0 N–H and O–H groups in total. The first-order valence-electron chi connectivity index (χ1n) is 3.13. The molecule has 1 unspecified atom stereocenters. The zero-order chi connectivity index (χ0) is 6.15. The highest BCUT2D eigenvalue weighted by molar-refractivity contribution is 5.22. The third-order valence-electron chi connectivity index (χ3n) is 1.37. The highest BCUT2D eigenvalue weighted by Crippen LogP contribution is 2.35. The van der Waals surface area contributed by atoms with Crippen molar-refractivity contribution in [2.45, 2.75) is 27.2 Å². The lowest BCUT2D eigenvalue weighted by Gasteiger charge is -1.73. The molecular formula is C8H12. The maximum Gasteiger partial charge on any atom is -0.0112 e. The van der Waals surface area contributed by atoms with Crippen LogP contribution >= 0.6 is 0 Å². The Balaban J connectivity index is 2.72. The van der Waals surface area contributed by atoms with Gasteiger partial charge in [-0.2, -0.15) is 0 Å². The first-order valence-corrected chi connectivity index (χ1v) is 3.13. The fourth-order valence-corrected chi connectivity index (χ4v) is 0.766. The van der Waals surface area contributed by atoms with Crippen LogP contribution in [0.2, 0.25) is 0 Å². The van der Waals surface area contributed by atoms with Crippen LogP contribution in [0.15, 0.2) is 16.9 Å². The highest BCUT2D eigenvalue weighted by atomic mass is 14.3. The van der Waals surface area contributed by atoms with Crippen LogP contribution in [0.3, 0.4) is 0 Å². The molecule has 1 fully saturated rings. The smallest absolute Gasteiger partial charge is 0.0112 e. The van der Waals surface area contributed by atoms with Gasteiger partial charge >= 0.3 is 0 Å². The van der Waals surface area contributed by atoms with Gasteiger partial charge in [-0.3, -0.25) is 0 Å². The van der Waals surface area contributed by atoms with Gasteiger partial charge in [-0.1, -0.05) is 6.92 Å². The molecular weight excluding hydrogens is 96.1 g/mol. The normalized spacial score (nSPS) is 24.9. The van der Waals surface area contributed by atoms with E-state index in [4.69, 9.17) is 0 Å². The van der Waals surface area contributed by atoms with E-state index in [0.29, 0.717) is 0 Å². The fraction of sp³-hybridized carbons (Fsp3) is 0.625. The third-order valence-corrected chi connectivity index (χ3v) is 1.37. The van der Waals surface area contributed by atoms with Crippen molar-refractivity contribution in [2.24, 2.45) is 5.92 Å². The van der Waals surface area contributed by atoms with Gasteiger partial charge in [0.25, 0.3) is 0 Å². The summed E-state index contributed by atoms with van der Waals surface area (Å²) in [7, 11) is 0. The van der Waals surface area contributed by atoms with Crippen molar-refractivity contribution in [3.8, 4) is 0 Å². The molecule has 0 heterocycles. The molecule has 1 rings (SSSR count). The summed E-state index contributed by atoms with van der Waals surface area (Å²) in [5, 5.41) is 0. The van der Waals surface area contributed by atoms with Gasteiger partial charge in [0, 0.05) is 0 Å². The summed E-state index contributed by atoms with van der Waals surface area (Å²) in [6, 6.07) is 0. The number of allylic oxidation sites excluding steroid dienone is 1. The molecule has 0 saturated heterocycles. The van der Waals surface area contributed by atoms with Gasteiger partial charge in [0.1, 0.15) is 0 Å². The highest BCUT2D eigenvalue weighted by Gasteiger charge is 2.23. The second kappa shape index (κ2) is 1.80. The molecule has 0 amide bonds. The van der Waals surface area contributed by atoms with E-state index in [-0.39, 0.29) is 0 Å². The molecule has 1 atom stereocenters. The van der Waals surface area contributed by atoms with E-state index in [0.717, 1.165) is 5.92 Å². The van der Waals surface area contributed by atoms with Crippen LogP contribution in [-0.2, 0) is 0 Å². The predicted octanol–water partition coefficient (Wildman–Crippen LogP) is 2.52. The average Bonchev–Trinajstić information content (AvgIpc) is 2.17. The molecule has 0 aromatic rings. The molecule has 44 valence electrons. The molecule has 0 nitrogen and oxygen atoms in total. The van der Waals surface area contributed by atoms with Crippen LogP contribution in [0.25, 0.3) is 0 Å². The van der Waals surface area contributed by atoms with E-state index in [1.54, 1.807) is 0 Å².